The fourth-order valence-electron chi connectivity index (χ4n) is 4.00. The molecule has 0 heterocycles. The number of rotatable bonds is 13. The molecule has 31 heavy (non-hydrogen) atoms. The van der Waals surface area contributed by atoms with E-state index in [0.29, 0.717) is 19.4 Å². The third kappa shape index (κ3) is 8.95. The summed E-state index contributed by atoms with van der Waals surface area (Å²) in [5, 5.41) is 12.3. The van der Waals surface area contributed by atoms with Crippen LogP contribution in [0, 0.1) is 11.8 Å². The van der Waals surface area contributed by atoms with Gasteiger partial charge in [-0.1, -0.05) is 30.3 Å². The van der Waals surface area contributed by atoms with Crippen molar-refractivity contribution in [3.8, 4) is 0 Å². The summed E-state index contributed by atoms with van der Waals surface area (Å²) in [6, 6.07) is 9.22. The Bertz CT molecular complexity index is 649. The van der Waals surface area contributed by atoms with E-state index in [1.165, 1.54) is 0 Å². The molecule has 174 valence electrons. The summed E-state index contributed by atoms with van der Waals surface area (Å²) in [6.45, 7) is 2.75. The number of nitrogens with one attached hydrogen (secondary N) is 2. The van der Waals surface area contributed by atoms with Crippen molar-refractivity contribution in [3.05, 3.63) is 35.9 Å². The Balaban J connectivity index is 2.01. The van der Waals surface area contributed by atoms with Gasteiger partial charge in [0.15, 0.2) is 0 Å². The fraction of sp³-hybridized carbons (Fsp3) is 0.652. The molecule has 0 spiro atoms. The molecule has 0 unspecified atom stereocenters. The highest BCUT2D eigenvalue weighted by atomic mass is 16.7. The van der Waals surface area contributed by atoms with E-state index >= 15 is 0 Å². The number of hydroxylamine groups is 1. The van der Waals surface area contributed by atoms with Crippen molar-refractivity contribution in [3.63, 3.8) is 0 Å². The Morgan fingerprint density at radius 1 is 1.13 bits per heavy atom. The molecule has 0 radical (unpaired) electrons. The number of carbonyl (C=O) groups is 2. The maximum Gasteiger partial charge on any atom is 0.246 e. The zero-order valence-corrected chi connectivity index (χ0v) is 18.5. The van der Waals surface area contributed by atoms with E-state index in [1.807, 2.05) is 37.3 Å². The van der Waals surface area contributed by atoms with Gasteiger partial charge in [-0.3, -0.25) is 14.8 Å². The number of hydrogen-bond acceptors (Lipinski definition) is 6. The van der Waals surface area contributed by atoms with E-state index < -0.39 is 11.8 Å². The van der Waals surface area contributed by atoms with Gasteiger partial charge in [0.2, 0.25) is 11.8 Å². The second kappa shape index (κ2) is 14.1. The number of benzene rings is 1. The van der Waals surface area contributed by atoms with E-state index in [2.05, 4.69) is 5.32 Å². The van der Waals surface area contributed by atoms with Gasteiger partial charge < -0.3 is 19.5 Å². The molecule has 0 saturated heterocycles. The fourth-order valence-corrected chi connectivity index (χ4v) is 4.00. The maximum atomic E-state index is 12.9. The van der Waals surface area contributed by atoms with Crippen molar-refractivity contribution in [2.75, 3.05) is 27.1 Å². The summed E-state index contributed by atoms with van der Waals surface area (Å²) in [5.41, 5.74) is 2.74. The standard InChI is InChI=1S/C23H36N2O6/c1-3-30-16-31-15-20(24-22(26)18-9-11-21(29-2)12-10-18)14-19(23(27)25-28)13-17-7-5-4-6-8-17/h4-8,18-21,28H,3,9-16H2,1-2H3,(H,24,26)(H,25,27)/t18?,19-,20-,21?/m0/s1. The Kier molecular flexibility index (Phi) is 11.5. The largest absolute Gasteiger partial charge is 0.381 e. The molecule has 1 aliphatic carbocycles. The summed E-state index contributed by atoms with van der Waals surface area (Å²) >= 11 is 0. The van der Waals surface area contributed by atoms with Gasteiger partial charge in [0.25, 0.3) is 0 Å². The predicted molar refractivity (Wildman–Crippen MR) is 115 cm³/mol. The molecule has 2 amide bonds. The molecule has 0 bridgehead atoms. The van der Waals surface area contributed by atoms with E-state index in [9.17, 15) is 14.8 Å². The van der Waals surface area contributed by atoms with Gasteiger partial charge in [-0.2, -0.15) is 0 Å². The summed E-state index contributed by atoms with van der Waals surface area (Å²) in [7, 11) is 1.70. The van der Waals surface area contributed by atoms with Crippen molar-refractivity contribution in [2.24, 2.45) is 11.8 Å². The van der Waals surface area contributed by atoms with Crippen LogP contribution in [0.1, 0.15) is 44.6 Å². The lowest BCUT2D eigenvalue weighted by Crippen LogP contribution is -2.45. The Morgan fingerprint density at radius 3 is 2.45 bits per heavy atom. The Hall–Kier alpha value is -2.00. The van der Waals surface area contributed by atoms with Crippen LogP contribution in [-0.2, 0) is 30.2 Å². The SMILES string of the molecule is CCOCOC[C@H](C[C@H](Cc1ccccc1)C(=O)NO)NC(=O)C1CCC(OC)CC1. The van der Waals surface area contributed by atoms with Gasteiger partial charge >= 0.3 is 0 Å². The molecule has 1 aliphatic rings. The molecule has 8 heteroatoms. The van der Waals surface area contributed by atoms with Gasteiger partial charge in [-0.15, -0.1) is 0 Å². The number of amides is 2. The monoisotopic (exact) mass is 436 g/mol. The first kappa shape index (κ1) is 25.3. The third-order valence-corrected chi connectivity index (χ3v) is 5.79. The molecular weight excluding hydrogens is 400 g/mol. The highest BCUT2D eigenvalue weighted by molar-refractivity contribution is 5.80. The summed E-state index contributed by atoms with van der Waals surface area (Å²) in [6.07, 6.45) is 4.30. The number of hydrogen-bond donors (Lipinski definition) is 3. The zero-order chi connectivity index (χ0) is 22.5. The molecule has 8 nitrogen and oxygen atoms in total. The number of methoxy groups -OCH3 is 1. The van der Waals surface area contributed by atoms with Gasteiger partial charge in [0.1, 0.15) is 6.79 Å². The van der Waals surface area contributed by atoms with Crippen LogP contribution in [-0.4, -0.2) is 56.3 Å². The smallest absolute Gasteiger partial charge is 0.246 e. The minimum atomic E-state index is -0.516. The van der Waals surface area contributed by atoms with E-state index in [-0.39, 0.29) is 37.4 Å². The van der Waals surface area contributed by atoms with Crippen LogP contribution < -0.4 is 10.8 Å². The average molecular weight is 437 g/mol. The molecule has 1 aromatic carbocycles. The molecule has 1 fully saturated rings. The average Bonchev–Trinajstić information content (AvgIpc) is 2.81. The maximum absolute atomic E-state index is 12.9. The van der Waals surface area contributed by atoms with Crippen LogP contribution in [0.15, 0.2) is 30.3 Å². The third-order valence-electron chi connectivity index (χ3n) is 5.79. The second-order valence-electron chi connectivity index (χ2n) is 7.99. The molecule has 2 atom stereocenters. The van der Waals surface area contributed by atoms with Crippen LogP contribution in [0.2, 0.25) is 0 Å². The quantitative estimate of drug-likeness (QED) is 0.190. The topological polar surface area (TPSA) is 106 Å². The molecule has 2 rings (SSSR count). The molecule has 1 saturated carbocycles. The summed E-state index contributed by atoms with van der Waals surface area (Å²) in [5.74, 6) is -1.09. The molecule has 0 aliphatic heterocycles. The highest BCUT2D eigenvalue weighted by Gasteiger charge is 2.30. The first-order valence-electron chi connectivity index (χ1n) is 11.0. The summed E-state index contributed by atoms with van der Waals surface area (Å²) in [4.78, 5) is 25.2. The lowest BCUT2D eigenvalue weighted by molar-refractivity contribution is -0.135. The number of ether oxygens (including phenoxy) is 3. The van der Waals surface area contributed by atoms with Gasteiger partial charge in [-0.05, 0) is 51.0 Å². The first-order chi connectivity index (χ1) is 15.1. The van der Waals surface area contributed by atoms with Crippen molar-refractivity contribution < 1.29 is 29.0 Å². The summed E-state index contributed by atoms with van der Waals surface area (Å²) < 4.78 is 16.2. The predicted octanol–water partition coefficient (Wildman–Crippen LogP) is 2.44. The normalized spacial score (nSPS) is 20.6. The van der Waals surface area contributed by atoms with Crippen molar-refractivity contribution in [1.29, 1.82) is 0 Å². The van der Waals surface area contributed by atoms with Crippen molar-refractivity contribution in [2.45, 2.75) is 57.6 Å². The lowest BCUT2D eigenvalue weighted by atomic mass is 9.86. The van der Waals surface area contributed by atoms with Crippen LogP contribution in [0.5, 0.6) is 0 Å². The molecule has 3 N–H and O–H groups in total. The van der Waals surface area contributed by atoms with Crippen LogP contribution in [0.25, 0.3) is 0 Å². The Labute approximate surface area is 184 Å². The van der Waals surface area contributed by atoms with Gasteiger partial charge in [0.05, 0.1) is 18.8 Å². The Morgan fingerprint density at radius 2 is 1.84 bits per heavy atom. The number of carbonyl (C=O) groups excluding carboxylic acids is 2. The van der Waals surface area contributed by atoms with Crippen LogP contribution in [0.4, 0.5) is 0 Å². The van der Waals surface area contributed by atoms with Crippen molar-refractivity contribution >= 4 is 11.8 Å². The minimum absolute atomic E-state index is 0.0255. The molecule has 1 aromatic rings. The van der Waals surface area contributed by atoms with Crippen LogP contribution >= 0.6 is 0 Å². The van der Waals surface area contributed by atoms with Gasteiger partial charge in [-0.25, -0.2) is 5.48 Å². The van der Waals surface area contributed by atoms with Crippen molar-refractivity contribution in [1.82, 2.24) is 10.8 Å². The lowest BCUT2D eigenvalue weighted by Gasteiger charge is -2.29. The van der Waals surface area contributed by atoms with E-state index in [4.69, 9.17) is 14.2 Å². The molecule has 0 aromatic heterocycles. The van der Waals surface area contributed by atoms with E-state index in [1.54, 1.807) is 12.6 Å². The first-order valence-corrected chi connectivity index (χ1v) is 11.0. The highest BCUT2D eigenvalue weighted by Crippen LogP contribution is 2.26. The van der Waals surface area contributed by atoms with Gasteiger partial charge in [0, 0.05) is 25.6 Å². The molecular formula is C23H36N2O6. The zero-order valence-electron chi connectivity index (χ0n) is 18.5. The second-order valence-corrected chi connectivity index (χ2v) is 7.99. The minimum Gasteiger partial charge on any atom is -0.381 e. The van der Waals surface area contributed by atoms with Crippen LogP contribution in [0.3, 0.4) is 0 Å². The van der Waals surface area contributed by atoms with E-state index in [0.717, 1.165) is 31.2 Å².